The smallest absolute Gasteiger partial charge is 0.355 e. The Labute approximate surface area is 154 Å². The minimum absolute atomic E-state index is 0.939. The van der Waals surface area contributed by atoms with E-state index in [0.29, 0.717) is 0 Å². The van der Waals surface area contributed by atoms with Crippen LogP contribution in [0.5, 0.6) is 0 Å². The molecule has 4 nitrogen and oxygen atoms in total. The van der Waals surface area contributed by atoms with Crippen LogP contribution in [0.25, 0.3) is 46.4 Å². The summed E-state index contributed by atoms with van der Waals surface area (Å²) in [7, 11) is -1.00. The van der Waals surface area contributed by atoms with E-state index in [1.807, 2.05) is 48.6 Å². The Morgan fingerprint density at radius 3 is 1.07 bits per heavy atom. The zero-order valence-electron chi connectivity index (χ0n) is 14.2. The molecule has 0 unspecified atom stereocenters. The maximum absolute atomic E-state index is 9.50. The fourth-order valence-electron chi connectivity index (χ4n) is 2.94. The number of hydrogen-bond donors (Lipinski definition) is 2. The van der Waals surface area contributed by atoms with Crippen molar-refractivity contribution in [2.45, 2.75) is 0 Å². The van der Waals surface area contributed by atoms with Crippen LogP contribution in [0.15, 0.2) is 48.5 Å². The SMILES string of the molecule is C1=Cc2cc3ccc(cc4nc(cc5ccc(cc1n2)[nH]5)C=C4)[nH]3.F[B]F. The van der Waals surface area contributed by atoms with Gasteiger partial charge in [-0.15, -0.1) is 0 Å². The van der Waals surface area contributed by atoms with Crippen LogP contribution >= 0.6 is 0 Å². The first kappa shape index (κ1) is 17.0. The van der Waals surface area contributed by atoms with Crippen molar-refractivity contribution < 1.29 is 8.63 Å². The third kappa shape index (κ3) is 4.03. The van der Waals surface area contributed by atoms with Crippen molar-refractivity contribution in [3.8, 4) is 0 Å². The van der Waals surface area contributed by atoms with Gasteiger partial charge in [0.15, 0.2) is 0 Å². The summed E-state index contributed by atoms with van der Waals surface area (Å²) >= 11 is 0. The van der Waals surface area contributed by atoms with Gasteiger partial charge in [0.05, 0.1) is 22.8 Å². The lowest BCUT2D eigenvalue weighted by Gasteiger charge is -1.85. The van der Waals surface area contributed by atoms with Crippen molar-refractivity contribution in [2.75, 3.05) is 0 Å². The Balaban J connectivity index is 0.000000565. The first-order valence-electron chi connectivity index (χ1n) is 8.28. The Hall–Kier alpha value is -3.48. The highest BCUT2D eigenvalue weighted by Gasteiger charge is 2.01. The van der Waals surface area contributed by atoms with Crippen LogP contribution in [-0.4, -0.2) is 27.8 Å². The van der Waals surface area contributed by atoms with Crippen LogP contribution in [0.3, 0.4) is 0 Å². The fraction of sp³-hybridized carbons (Fsp3) is 0. The average Bonchev–Trinajstić information content (AvgIpc) is 3.41. The summed E-state index contributed by atoms with van der Waals surface area (Å²) < 4.78 is 19.0. The Morgan fingerprint density at radius 2 is 0.815 bits per heavy atom. The molecule has 0 aromatic carbocycles. The van der Waals surface area contributed by atoms with E-state index in [1.54, 1.807) is 0 Å². The molecule has 2 aliphatic heterocycles. The molecule has 0 spiro atoms. The zero-order valence-corrected chi connectivity index (χ0v) is 14.2. The number of hydrogen-bond acceptors (Lipinski definition) is 2. The Kier molecular flexibility index (Phi) is 4.66. The molecule has 0 saturated heterocycles. The van der Waals surface area contributed by atoms with E-state index in [-0.39, 0.29) is 0 Å². The van der Waals surface area contributed by atoms with Gasteiger partial charge < -0.3 is 9.97 Å². The topological polar surface area (TPSA) is 57.4 Å². The van der Waals surface area contributed by atoms with Gasteiger partial charge in [-0.1, -0.05) is 0 Å². The van der Waals surface area contributed by atoms with Crippen molar-refractivity contribution in [1.82, 2.24) is 19.9 Å². The predicted octanol–water partition coefficient (Wildman–Crippen LogP) is 5.12. The van der Waals surface area contributed by atoms with E-state index in [9.17, 15) is 8.63 Å². The predicted molar refractivity (Wildman–Crippen MR) is 107 cm³/mol. The van der Waals surface area contributed by atoms with Gasteiger partial charge in [-0.2, -0.15) is 0 Å². The lowest BCUT2D eigenvalue weighted by atomic mass is 10.3. The minimum atomic E-state index is -1.00. The quantitative estimate of drug-likeness (QED) is 0.377. The molecule has 5 rings (SSSR count). The van der Waals surface area contributed by atoms with E-state index in [1.165, 1.54) is 0 Å². The summed E-state index contributed by atoms with van der Waals surface area (Å²) in [5, 5.41) is 0. The average molecular weight is 359 g/mol. The molecule has 8 bridgehead atoms. The van der Waals surface area contributed by atoms with Crippen molar-refractivity contribution in [1.29, 1.82) is 0 Å². The standard InChI is InChI=1S/C20H14N4.BF2/c1-2-14-10-16-5-6-18(23-16)12-20-8-7-19(24-20)11-17-4-3-15(22-17)9-13(1)21-14;2-1-3/h1-12,21,24H;. The van der Waals surface area contributed by atoms with Gasteiger partial charge in [0.1, 0.15) is 0 Å². The molecule has 2 N–H and O–H groups in total. The third-order valence-electron chi connectivity index (χ3n) is 4.04. The van der Waals surface area contributed by atoms with Crippen LogP contribution in [0, 0.1) is 0 Å². The summed E-state index contributed by atoms with van der Waals surface area (Å²) in [5.74, 6) is 0. The van der Waals surface area contributed by atoms with Crippen LogP contribution in [0.4, 0.5) is 8.63 Å². The number of H-pyrrole nitrogens is 2. The Bertz CT molecular complexity index is 1020. The lowest BCUT2D eigenvalue weighted by molar-refractivity contribution is 0.712. The number of fused-ring (bicyclic) bond motifs is 8. The molecular weight excluding hydrogens is 345 g/mol. The van der Waals surface area contributed by atoms with Gasteiger partial charge in [0.25, 0.3) is 0 Å². The van der Waals surface area contributed by atoms with Gasteiger partial charge in [0, 0.05) is 22.1 Å². The number of rotatable bonds is 0. The highest BCUT2D eigenvalue weighted by molar-refractivity contribution is 6.15. The lowest BCUT2D eigenvalue weighted by Crippen LogP contribution is -1.75. The zero-order chi connectivity index (χ0) is 18.6. The number of aromatic nitrogens is 4. The van der Waals surface area contributed by atoms with Crippen LogP contribution in [0.1, 0.15) is 22.8 Å². The second kappa shape index (κ2) is 7.41. The molecule has 0 aliphatic carbocycles. The fourth-order valence-corrected chi connectivity index (χ4v) is 2.94. The van der Waals surface area contributed by atoms with Crippen LogP contribution < -0.4 is 0 Å². The number of nitrogens with one attached hydrogen (secondary N) is 2. The van der Waals surface area contributed by atoms with Crippen molar-refractivity contribution in [2.24, 2.45) is 0 Å². The molecule has 27 heavy (non-hydrogen) atoms. The molecule has 1 radical (unpaired) electrons. The molecule has 131 valence electrons. The second-order valence-electron chi connectivity index (χ2n) is 5.99. The van der Waals surface area contributed by atoms with Crippen molar-refractivity contribution in [3.05, 3.63) is 71.3 Å². The summed E-state index contributed by atoms with van der Waals surface area (Å²) in [5.41, 5.74) is 7.86. The number of aromatic amines is 2. The van der Waals surface area contributed by atoms with Crippen LogP contribution in [-0.2, 0) is 0 Å². The largest absolute Gasteiger partial charge is 0.577 e. The van der Waals surface area contributed by atoms with E-state index >= 15 is 0 Å². The van der Waals surface area contributed by atoms with Crippen molar-refractivity contribution in [3.63, 3.8) is 0 Å². The first-order chi connectivity index (χ1) is 13.2. The molecule has 0 amide bonds. The molecule has 7 heteroatoms. The van der Waals surface area contributed by atoms with Crippen LogP contribution in [0.2, 0.25) is 0 Å². The maximum atomic E-state index is 9.50. The van der Waals surface area contributed by atoms with Gasteiger partial charge in [-0.05, 0) is 72.8 Å². The highest BCUT2D eigenvalue weighted by Crippen LogP contribution is 2.16. The van der Waals surface area contributed by atoms with E-state index < -0.39 is 7.83 Å². The number of halogens is 2. The molecule has 0 fully saturated rings. The monoisotopic (exact) mass is 359 g/mol. The number of nitrogens with zero attached hydrogens (tertiary/aromatic N) is 2. The first-order valence-corrected chi connectivity index (χ1v) is 8.28. The highest BCUT2D eigenvalue weighted by atomic mass is 19.2. The van der Waals surface area contributed by atoms with E-state index in [0.717, 1.165) is 44.8 Å². The van der Waals surface area contributed by atoms with Gasteiger partial charge in [0.2, 0.25) is 0 Å². The molecule has 2 aliphatic rings. The maximum Gasteiger partial charge on any atom is 0.577 e. The third-order valence-corrected chi connectivity index (χ3v) is 4.04. The summed E-state index contributed by atoms with van der Waals surface area (Å²) in [6.45, 7) is 0. The van der Waals surface area contributed by atoms with Gasteiger partial charge >= 0.3 is 7.83 Å². The second-order valence-corrected chi connectivity index (χ2v) is 5.99. The summed E-state index contributed by atoms with van der Waals surface area (Å²) in [4.78, 5) is 16.0. The molecule has 3 aromatic heterocycles. The van der Waals surface area contributed by atoms with Crippen molar-refractivity contribution >= 4 is 54.2 Å². The molecule has 5 heterocycles. The molecule has 3 aromatic rings. The van der Waals surface area contributed by atoms with E-state index in [2.05, 4.69) is 44.2 Å². The van der Waals surface area contributed by atoms with Gasteiger partial charge in [-0.25, -0.2) is 9.97 Å². The molecule has 0 atom stereocenters. The summed E-state index contributed by atoms with van der Waals surface area (Å²) in [6, 6.07) is 16.4. The molecular formula is C20H14BF2N4. The van der Waals surface area contributed by atoms with E-state index in [4.69, 9.17) is 0 Å². The Morgan fingerprint density at radius 1 is 0.556 bits per heavy atom. The van der Waals surface area contributed by atoms with Gasteiger partial charge in [-0.3, -0.25) is 8.63 Å². The minimum Gasteiger partial charge on any atom is -0.355 e. The normalized spacial score (nSPS) is 11.8. The molecule has 0 saturated carbocycles. The summed E-state index contributed by atoms with van der Waals surface area (Å²) in [6.07, 6.45) is 8.09.